The predicted octanol–water partition coefficient (Wildman–Crippen LogP) is 3.53. The van der Waals surface area contributed by atoms with Crippen LogP contribution in [0.5, 0.6) is 0 Å². The van der Waals surface area contributed by atoms with E-state index in [-0.39, 0.29) is 36.4 Å². The number of ether oxygens (including phenoxy) is 2. The first-order valence-corrected chi connectivity index (χ1v) is 11.1. The molecule has 0 N–H and O–H groups in total. The number of likely N-dealkylation sites (N-methyl/N-ethyl adjacent to an activating group) is 1. The Morgan fingerprint density at radius 2 is 1.62 bits per heavy atom. The minimum Gasteiger partial charge on any atom is -0.469 e. The van der Waals surface area contributed by atoms with E-state index in [0.29, 0.717) is 19.6 Å². The fraction of sp³-hybridized carbons (Fsp3) is 0.462. The number of benzene rings is 2. The van der Waals surface area contributed by atoms with Gasteiger partial charge in [0.05, 0.1) is 26.6 Å². The number of piperidine rings is 1. The van der Waals surface area contributed by atoms with E-state index in [1.165, 1.54) is 25.3 Å². The van der Waals surface area contributed by atoms with Gasteiger partial charge in [-0.3, -0.25) is 14.5 Å². The summed E-state index contributed by atoms with van der Waals surface area (Å²) in [5, 5.41) is 0. The van der Waals surface area contributed by atoms with Crippen molar-refractivity contribution in [3.8, 4) is 0 Å². The molecule has 1 fully saturated rings. The zero-order chi connectivity index (χ0) is 23.1. The lowest BCUT2D eigenvalue weighted by atomic mass is 9.78. The summed E-state index contributed by atoms with van der Waals surface area (Å²) in [5.41, 5.74) is 2.36. The van der Waals surface area contributed by atoms with Crippen LogP contribution in [-0.4, -0.2) is 62.1 Å². The number of likely N-dealkylation sites (tertiary alicyclic amines) is 1. The number of esters is 2. The molecule has 1 saturated heterocycles. The van der Waals surface area contributed by atoms with Gasteiger partial charge in [-0.05, 0) is 31.0 Å². The Hall–Kier alpha value is -2.70. The fourth-order valence-electron chi connectivity index (χ4n) is 4.88. The maximum absolute atomic E-state index is 13.1. The Morgan fingerprint density at radius 3 is 2.22 bits per heavy atom. The molecular weight excluding hydrogens is 404 g/mol. The molecule has 2 aromatic carbocycles. The number of methoxy groups -OCH3 is 2. The smallest absolute Gasteiger partial charge is 0.310 e. The Balaban J connectivity index is 2.01. The summed E-state index contributed by atoms with van der Waals surface area (Å²) in [6.45, 7) is 4.22. The maximum atomic E-state index is 13.1. The van der Waals surface area contributed by atoms with Crippen LogP contribution in [0.15, 0.2) is 60.7 Å². The van der Waals surface area contributed by atoms with E-state index in [1.54, 1.807) is 0 Å². The summed E-state index contributed by atoms with van der Waals surface area (Å²) in [5.74, 6) is -1.18. The molecule has 1 heterocycles. The largest absolute Gasteiger partial charge is 0.469 e. The van der Waals surface area contributed by atoms with Crippen LogP contribution in [0.25, 0.3) is 0 Å². The Kier molecular flexibility index (Phi) is 8.42. The van der Waals surface area contributed by atoms with E-state index in [0.717, 1.165) is 0 Å². The van der Waals surface area contributed by atoms with Crippen molar-refractivity contribution in [2.24, 2.45) is 11.8 Å². The maximum Gasteiger partial charge on any atom is 0.310 e. The normalized spacial score (nSPS) is 22.3. The van der Waals surface area contributed by atoms with Gasteiger partial charge in [0.2, 0.25) is 0 Å². The number of hydrogen-bond donors (Lipinski definition) is 0. The van der Waals surface area contributed by atoms with Crippen LogP contribution in [0.1, 0.15) is 30.5 Å². The SMILES string of the molecule is COC(=O)C[C@@H]1CN(C)C[C@H](N(Cc2ccccc2)[C@@H](C)c2ccccc2)[C@H]1C(=O)OC. The van der Waals surface area contributed by atoms with Crippen molar-refractivity contribution >= 4 is 11.9 Å². The van der Waals surface area contributed by atoms with Crippen LogP contribution in [0.3, 0.4) is 0 Å². The van der Waals surface area contributed by atoms with Gasteiger partial charge >= 0.3 is 11.9 Å². The molecule has 0 aromatic heterocycles. The van der Waals surface area contributed by atoms with E-state index in [9.17, 15) is 9.59 Å². The minimum atomic E-state index is -0.426. The third kappa shape index (κ3) is 5.75. The molecule has 32 heavy (non-hydrogen) atoms. The summed E-state index contributed by atoms with van der Waals surface area (Å²) in [4.78, 5) is 29.8. The summed E-state index contributed by atoms with van der Waals surface area (Å²) in [7, 11) is 4.85. The van der Waals surface area contributed by atoms with Crippen LogP contribution in [0, 0.1) is 11.8 Å². The van der Waals surface area contributed by atoms with Crippen molar-refractivity contribution in [1.29, 1.82) is 0 Å². The summed E-state index contributed by atoms with van der Waals surface area (Å²) in [6, 6.07) is 20.6. The van der Waals surface area contributed by atoms with E-state index in [4.69, 9.17) is 9.47 Å². The molecule has 4 atom stereocenters. The molecule has 0 aliphatic carbocycles. The van der Waals surface area contributed by atoms with E-state index in [2.05, 4.69) is 41.0 Å². The molecule has 0 saturated carbocycles. The predicted molar refractivity (Wildman–Crippen MR) is 124 cm³/mol. The number of carbonyl (C=O) groups is 2. The Morgan fingerprint density at radius 1 is 1.00 bits per heavy atom. The lowest BCUT2D eigenvalue weighted by Crippen LogP contribution is -2.58. The third-order valence-electron chi connectivity index (χ3n) is 6.51. The highest BCUT2D eigenvalue weighted by Crippen LogP contribution is 2.36. The number of rotatable bonds is 8. The van der Waals surface area contributed by atoms with Crippen molar-refractivity contribution in [3.63, 3.8) is 0 Å². The van der Waals surface area contributed by atoms with Crippen LogP contribution in [0.4, 0.5) is 0 Å². The van der Waals surface area contributed by atoms with Gasteiger partial charge in [-0.25, -0.2) is 0 Å². The van der Waals surface area contributed by atoms with Crippen molar-refractivity contribution < 1.29 is 19.1 Å². The van der Waals surface area contributed by atoms with E-state index in [1.807, 2.05) is 43.4 Å². The van der Waals surface area contributed by atoms with E-state index < -0.39 is 5.92 Å². The molecule has 0 spiro atoms. The second kappa shape index (κ2) is 11.2. The molecule has 0 radical (unpaired) electrons. The first-order chi connectivity index (χ1) is 15.4. The molecule has 0 bridgehead atoms. The van der Waals surface area contributed by atoms with E-state index >= 15 is 0 Å². The summed E-state index contributed by atoms with van der Waals surface area (Å²) < 4.78 is 10.2. The average Bonchev–Trinajstić information content (AvgIpc) is 2.82. The van der Waals surface area contributed by atoms with Gasteiger partial charge in [0, 0.05) is 31.7 Å². The lowest BCUT2D eigenvalue weighted by molar-refractivity contribution is -0.157. The van der Waals surface area contributed by atoms with Crippen molar-refractivity contribution in [3.05, 3.63) is 71.8 Å². The standard InChI is InChI=1S/C26H34N2O4/c1-19(21-13-9-6-10-14-21)28(16-20-11-7-5-8-12-20)23-18-27(2)17-22(15-24(29)31-3)25(23)26(30)32-4/h5-14,19,22-23,25H,15-18H2,1-4H3/t19-,22+,23-,25-/m0/s1. The number of carbonyl (C=O) groups excluding carboxylic acids is 2. The monoisotopic (exact) mass is 438 g/mol. The summed E-state index contributed by atoms with van der Waals surface area (Å²) >= 11 is 0. The zero-order valence-corrected chi connectivity index (χ0v) is 19.4. The molecule has 1 aliphatic rings. The van der Waals surface area contributed by atoms with Crippen LogP contribution in [0.2, 0.25) is 0 Å². The summed E-state index contributed by atoms with van der Waals surface area (Å²) in [6.07, 6.45) is 0.190. The van der Waals surface area contributed by atoms with Crippen LogP contribution in [-0.2, 0) is 25.6 Å². The fourth-order valence-corrected chi connectivity index (χ4v) is 4.88. The van der Waals surface area contributed by atoms with Gasteiger partial charge in [0.25, 0.3) is 0 Å². The quantitative estimate of drug-likeness (QED) is 0.588. The van der Waals surface area contributed by atoms with Crippen molar-refractivity contribution in [2.75, 3.05) is 34.4 Å². The second-order valence-electron chi connectivity index (χ2n) is 8.62. The average molecular weight is 439 g/mol. The number of hydrogen-bond acceptors (Lipinski definition) is 6. The van der Waals surface area contributed by atoms with Crippen molar-refractivity contribution in [1.82, 2.24) is 9.80 Å². The van der Waals surface area contributed by atoms with Gasteiger partial charge in [0.1, 0.15) is 0 Å². The van der Waals surface area contributed by atoms with Gasteiger partial charge in [0.15, 0.2) is 0 Å². The van der Waals surface area contributed by atoms with Gasteiger partial charge in [-0.1, -0.05) is 60.7 Å². The number of nitrogens with zero attached hydrogens (tertiary/aromatic N) is 2. The first kappa shape index (κ1) is 24.0. The molecule has 2 aromatic rings. The zero-order valence-electron chi connectivity index (χ0n) is 19.4. The first-order valence-electron chi connectivity index (χ1n) is 11.1. The molecule has 3 rings (SSSR count). The van der Waals surface area contributed by atoms with Gasteiger partial charge < -0.3 is 14.4 Å². The molecule has 172 valence electrons. The topological polar surface area (TPSA) is 59.1 Å². The molecule has 6 heteroatoms. The molecule has 1 aliphatic heterocycles. The highest BCUT2D eigenvalue weighted by molar-refractivity contribution is 5.76. The minimum absolute atomic E-state index is 0.0684. The van der Waals surface area contributed by atoms with Gasteiger partial charge in [-0.2, -0.15) is 0 Å². The third-order valence-corrected chi connectivity index (χ3v) is 6.51. The van der Waals surface area contributed by atoms with Crippen LogP contribution >= 0.6 is 0 Å². The van der Waals surface area contributed by atoms with Crippen molar-refractivity contribution in [2.45, 2.75) is 32.0 Å². The van der Waals surface area contributed by atoms with Gasteiger partial charge in [-0.15, -0.1) is 0 Å². The highest BCUT2D eigenvalue weighted by Gasteiger charge is 2.45. The molecular formula is C26H34N2O4. The Labute approximate surface area is 191 Å². The highest BCUT2D eigenvalue weighted by atomic mass is 16.5. The molecule has 0 unspecified atom stereocenters. The van der Waals surface area contributed by atoms with Crippen LogP contribution < -0.4 is 0 Å². The Bertz CT molecular complexity index is 874. The molecule has 0 amide bonds. The lowest BCUT2D eigenvalue weighted by Gasteiger charge is -2.47. The molecule has 6 nitrogen and oxygen atoms in total. The second-order valence-corrected chi connectivity index (χ2v) is 8.62.